The predicted molar refractivity (Wildman–Crippen MR) is 118 cm³/mol. The first-order chi connectivity index (χ1) is 14.7. The molecule has 0 bridgehead atoms. The molecule has 2 heterocycles. The van der Waals surface area contributed by atoms with E-state index in [0.717, 1.165) is 46.3 Å². The van der Waals surface area contributed by atoms with Gasteiger partial charge in [0.15, 0.2) is 5.58 Å². The molecule has 0 aliphatic carbocycles. The van der Waals surface area contributed by atoms with Gasteiger partial charge in [0.25, 0.3) is 0 Å². The lowest BCUT2D eigenvalue weighted by Crippen LogP contribution is -2.34. The molecule has 5 rings (SSSR count). The summed E-state index contributed by atoms with van der Waals surface area (Å²) >= 11 is 0. The SMILES string of the molecule is Cc1ccccc1NC(=O)N1CCC[C@@H]1c1nc2cc(-c3ccccc3)ccc2o1. The molecule has 1 N–H and O–H groups in total. The lowest BCUT2D eigenvalue weighted by atomic mass is 10.1. The zero-order valence-electron chi connectivity index (χ0n) is 16.8. The molecule has 1 fully saturated rings. The fourth-order valence-corrected chi connectivity index (χ4v) is 4.06. The molecular weight excluding hydrogens is 374 g/mol. The first-order valence-corrected chi connectivity index (χ1v) is 10.3. The van der Waals surface area contributed by atoms with Crippen LogP contribution < -0.4 is 5.32 Å². The summed E-state index contributed by atoms with van der Waals surface area (Å²) in [6.07, 6.45) is 1.78. The van der Waals surface area contributed by atoms with Crippen LogP contribution in [0.25, 0.3) is 22.2 Å². The van der Waals surface area contributed by atoms with Crippen LogP contribution in [0.1, 0.15) is 30.3 Å². The number of nitrogens with one attached hydrogen (secondary N) is 1. The standard InChI is InChI=1S/C25H23N3O2/c1-17-8-5-6-11-20(17)27-25(29)28-15-7-12-22(28)24-26-21-16-19(13-14-23(21)30-24)18-9-3-2-4-10-18/h2-6,8-11,13-14,16,22H,7,12,15H2,1H3,(H,27,29)/t22-/m1/s1. The maximum atomic E-state index is 13.0. The van der Waals surface area contributed by atoms with Gasteiger partial charge in [0.1, 0.15) is 11.6 Å². The highest BCUT2D eigenvalue weighted by Gasteiger charge is 2.33. The summed E-state index contributed by atoms with van der Waals surface area (Å²) < 4.78 is 6.06. The van der Waals surface area contributed by atoms with Crippen molar-refractivity contribution in [3.05, 3.63) is 84.3 Å². The summed E-state index contributed by atoms with van der Waals surface area (Å²) in [5, 5.41) is 3.03. The van der Waals surface area contributed by atoms with Crippen LogP contribution >= 0.6 is 0 Å². The lowest BCUT2D eigenvalue weighted by molar-refractivity contribution is 0.199. The molecule has 1 aliphatic rings. The Kier molecular flexibility index (Phi) is 4.71. The zero-order valence-corrected chi connectivity index (χ0v) is 16.8. The first-order valence-electron chi connectivity index (χ1n) is 10.3. The van der Waals surface area contributed by atoms with Gasteiger partial charge in [0.2, 0.25) is 5.89 Å². The molecule has 150 valence electrons. The van der Waals surface area contributed by atoms with Gasteiger partial charge in [-0.05, 0) is 54.7 Å². The topological polar surface area (TPSA) is 58.4 Å². The maximum Gasteiger partial charge on any atom is 0.322 e. The Balaban J connectivity index is 1.41. The van der Waals surface area contributed by atoms with Crippen molar-refractivity contribution in [3.8, 4) is 11.1 Å². The summed E-state index contributed by atoms with van der Waals surface area (Å²) in [6, 6.07) is 23.8. The minimum absolute atomic E-state index is 0.112. The number of fused-ring (bicyclic) bond motifs is 1. The number of anilines is 1. The quantitative estimate of drug-likeness (QED) is 0.449. The third-order valence-electron chi connectivity index (χ3n) is 5.70. The number of hydrogen-bond donors (Lipinski definition) is 1. The van der Waals surface area contributed by atoms with Gasteiger partial charge >= 0.3 is 6.03 Å². The first kappa shape index (κ1) is 18.4. The Bertz CT molecular complexity index is 1200. The number of carbonyl (C=O) groups excluding carboxylic acids is 1. The molecule has 1 aliphatic heterocycles. The van der Waals surface area contributed by atoms with Gasteiger partial charge in [-0.15, -0.1) is 0 Å². The smallest absolute Gasteiger partial charge is 0.322 e. The van der Waals surface area contributed by atoms with Gasteiger partial charge in [0, 0.05) is 12.2 Å². The highest BCUT2D eigenvalue weighted by atomic mass is 16.4. The van der Waals surface area contributed by atoms with Crippen LogP contribution in [0.5, 0.6) is 0 Å². The van der Waals surface area contributed by atoms with E-state index in [0.29, 0.717) is 12.4 Å². The van der Waals surface area contributed by atoms with Crippen molar-refractivity contribution in [2.45, 2.75) is 25.8 Å². The molecule has 1 aromatic heterocycles. The van der Waals surface area contributed by atoms with Crippen LogP contribution in [0.15, 0.2) is 77.2 Å². The van der Waals surface area contributed by atoms with Gasteiger partial charge in [-0.3, -0.25) is 0 Å². The van der Waals surface area contributed by atoms with E-state index in [2.05, 4.69) is 17.4 Å². The van der Waals surface area contributed by atoms with Crippen molar-refractivity contribution >= 4 is 22.8 Å². The fourth-order valence-electron chi connectivity index (χ4n) is 4.06. The van der Waals surface area contributed by atoms with E-state index in [1.165, 1.54) is 0 Å². The third kappa shape index (κ3) is 3.43. The number of urea groups is 1. The molecule has 1 saturated heterocycles. The predicted octanol–water partition coefficient (Wildman–Crippen LogP) is 6.17. The number of amides is 2. The number of nitrogens with zero attached hydrogens (tertiary/aromatic N) is 2. The Morgan fingerprint density at radius 1 is 1.03 bits per heavy atom. The molecule has 5 heteroatoms. The number of para-hydroxylation sites is 1. The van der Waals surface area contributed by atoms with E-state index in [-0.39, 0.29) is 12.1 Å². The number of carbonyl (C=O) groups is 1. The maximum absolute atomic E-state index is 13.0. The molecule has 2 amide bonds. The molecule has 0 unspecified atom stereocenters. The molecule has 0 spiro atoms. The Hall–Kier alpha value is -3.60. The second-order valence-corrected chi connectivity index (χ2v) is 7.70. The van der Waals surface area contributed by atoms with Crippen LogP contribution in [0.2, 0.25) is 0 Å². The molecule has 0 radical (unpaired) electrons. The van der Waals surface area contributed by atoms with E-state index in [1.54, 1.807) is 0 Å². The lowest BCUT2D eigenvalue weighted by Gasteiger charge is -2.23. The van der Waals surface area contributed by atoms with Crippen LogP contribution in [0, 0.1) is 6.92 Å². The Labute approximate surface area is 175 Å². The van der Waals surface area contributed by atoms with E-state index in [1.807, 2.05) is 72.5 Å². The molecule has 5 nitrogen and oxygen atoms in total. The summed E-state index contributed by atoms with van der Waals surface area (Å²) in [6.45, 7) is 2.68. The Morgan fingerprint density at radius 3 is 2.67 bits per heavy atom. The average molecular weight is 397 g/mol. The summed E-state index contributed by atoms with van der Waals surface area (Å²) in [5.41, 5.74) is 5.68. The molecule has 3 aromatic carbocycles. The number of likely N-dealkylation sites (tertiary alicyclic amines) is 1. The van der Waals surface area contributed by atoms with Crippen molar-refractivity contribution in [2.24, 2.45) is 0 Å². The van der Waals surface area contributed by atoms with Crippen LogP contribution in [0.4, 0.5) is 10.5 Å². The summed E-state index contributed by atoms with van der Waals surface area (Å²) in [7, 11) is 0. The van der Waals surface area contributed by atoms with Crippen molar-refractivity contribution in [3.63, 3.8) is 0 Å². The monoisotopic (exact) mass is 397 g/mol. The normalized spacial score (nSPS) is 16.2. The molecular formula is C25H23N3O2. The molecule has 4 aromatic rings. The van der Waals surface area contributed by atoms with E-state index < -0.39 is 0 Å². The highest BCUT2D eigenvalue weighted by Crippen LogP contribution is 2.34. The average Bonchev–Trinajstić information content (AvgIpc) is 3.42. The van der Waals surface area contributed by atoms with Gasteiger partial charge < -0.3 is 14.6 Å². The number of aromatic nitrogens is 1. The number of rotatable bonds is 3. The Morgan fingerprint density at radius 2 is 1.83 bits per heavy atom. The van der Waals surface area contributed by atoms with Gasteiger partial charge in [-0.1, -0.05) is 54.6 Å². The van der Waals surface area contributed by atoms with Crippen molar-refractivity contribution in [2.75, 3.05) is 11.9 Å². The number of oxazole rings is 1. The highest BCUT2D eigenvalue weighted by molar-refractivity contribution is 5.90. The van der Waals surface area contributed by atoms with Crippen molar-refractivity contribution in [1.29, 1.82) is 0 Å². The largest absolute Gasteiger partial charge is 0.438 e. The molecule has 30 heavy (non-hydrogen) atoms. The summed E-state index contributed by atoms with van der Waals surface area (Å²) in [4.78, 5) is 19.5. The molecule has 1 atom stereocenters. The molecule has 0 saturated carbocycles. The fraction of sp³-hybridized carbons (Fsp3) is 0.200. The van der Waals surface area contributed by atoms with Crippen LogP contribution in [0.3, 0.4) is 0 Å². The third-order valence-corrected chi connectivity index (χ3v) is 5.70. The van der Waals surface area contributed by atoms with E-state index in [4.69, 9.17) is 9.40 Å². The van der Waals surface area contributed by atoms with E-state index >= 15 is 0 Å². The summed E-state index contributed by atoms with van der Waals surface area (Å²) in [5.74, 6) is 0.604. The second kappa shape index (κ2) is 7.67. The minimum Gasteiger partial charge on any atom is -0.438 e. The number of hydrogen-bond acceptors (Lipinski definition) is 3. The van der Waals surface area contributed by atoms with Crippen LogP contribution in [-0.4, -0.2) is 22.5 Å². The van der Waals surface area contributed by atoms with Gasteiger partial charge in [-0.2, -0.15) is 0 Å². The number of aryl methyl sites for hydroxylation is 1. The van der Waals surface area contributed by atoms with E-state index in [9.17, 15) is 4.79 Å². The van der Waals surface area contributed by atoms with Gasteiger partial charge in [0.05, 0.1) is 0 Å². The van der Waals surface area contributed by atoms with Crippen molar-refractivity contribution < 1.29 is 9.21 Å². The minimum atomic E-state index is -0.151. The zero-order chi connectivity index (χ0) is 20.5. The number of benzene rings is 3. The van der Waals surface area contributed by atoms with Crippen LogP contribution in [-0.2, 0) is 0 Å². The van der Waals surface area contributed by atoms with Gasteiger partial charge in [-0.25, -0.2) is 9.78 Å². The second-order valence-electron chi connectivity index (χ2n) is 7.70. The van der Waals surface area contributed by atoms with Crippen molar-refractivity contribution in [1.82, 2.24) is 9.88 Å².